The number of H-pyrrole nitrogens is 2. The van der Waals surface area contributed by atoms with Crippen molar-refractivity contribution < 1.29 is 4.79 Å². The number of carbonyl (C=O) groups excluding carboxylic acids is 1. The Kier molecular flexibility index (Phi) is 2.86. The molecule has 2 aromatic rings. The van der Waals surface area contributed by atoms with Crippen LogP contribution in [0.3, 0.4) is 0 Å². The second kappa shape index (κ2) is 4.31. The third-order valence-electron chi connectivity index (χ3n) is 1.84. The van der Waals surface area contributed by atoms with Crippen LogP contribution in [-0.2, 0) is 0 Å². The summed E-state index contributed by atoms with van der Waals surface area (Å²) in [6, 6.07) is 7.14. The number of nitrogens with zero attached hydrogens (tertiary/aromatic N) is 1. The van der Waals surface area contributed by atoms with Crippen molar-refractivity contribution in [2.75, 3.05) is 5.32 Å². The first kappa shape index (κ1) is 10.6. The smallest absolute Gasteiger partial charge is 0.318 e. The minimum atomic E-state index is -0.516. The number of hydrogen-bond acceptors (Lipinski definition) is 3. The van der Waals surface area contributed by atoms with Crippen molar-refractivity contribution in [1.29, 1.82) is 0 Å². The van der Waals surface area contributed by atoms with Crippen LogP contribution in [0.1, 0.15) is 10.6 Å². The van der Waals surface area contributed by atoms with E-state index in [1.165, 1.54) is 0 Å². The van der Waals surface area contributed by atoms with Crippen LogP contribution in [0.4, 0.5) is 5.69 Å². The first-order chi connectivity index (χ1) is 7.66. The third-order valence-corrected chi connectivity index (χ3v) is 2.53. The Hall–Kier alpha value is -1.89. The number of anilines is 1. The number of aromatic amines is 2. The molecule has 0 saturated heterocycles. The van der Waals surface area contributed by atoms with Crippen molar-refractivity contribution in [2.45, 2.75) is 0 Å². The first-order valence-corrected chi connectivity index (χ1v) is 5.16. The minimum Gasteiger partial charge on any atom is -0.318 e. The highest BCUT2D eigenvalue weighted by atomic mass is 79.9. The van der Waals surface area contributed by atoms with E-state index in [-0.39, 0.29) is 5.82 Å². The number of hydrogen-bond donors (Lipinski definition) is 3. The van der Waals surface area contributed by atoms with Crippen molar-refractivity contribution >= 4 is 27.5 Å². The standard InChI is InChI=1S/C9H7BrN4O2/c10-5-3-1-2-4-6(5)11-8(15)7-12-9(16)14-13-7/h1-4H,(H,11,15)(H2,12,13,14,16). The van der Waals surface area contributed by atoms with Crippen LogP contribution in [0.5, 0.6) is 0 Å². The molecular weight excluding hydrogens is 276 g/mol. The Morgan fingerprint density at radius 3 is 2.75 bits per heavy atom. The van der Waals surface area contributed by atoms with Gasteiger partial charge >= 0.3 is 5.69 Å². The lowest BCUT2D eigenvalue weighted by atomic mass is 10.3. The highest BCUT2D eigenvalue weighted by Crippen LogP contribution is 2.21. The number of para-hydroxylation sites is 1. The maximum atomic E-state index is 11.6. The Balaban J connectivity index is 2.20. The fourth-order valence-electron chi connectivity index (χ4n) is 1.12. The van der Waals surface area contributed by atoms with Crippen LogP contribution < -0.4 is 11.0 Å². The van der Waals surface area contributed by atoms with E-state index in [0.717, 1.165) is 4.47 Å². The average molecular weight is 283 g/mol. The number of rotatable bonds is 2. The Morgan fingerprint density at radius 2 is 2.12 bits per heavy atom. The number of nitrogens with one attached hydrogen (secondary N) is 3. The molecule has 1 aromatic heterocycles. The van der Waals surface area contributed by atoms with Crippen LogP contribution >= 0.6 is 15.9 Å². The van der Waals surface area contributed by atoms with Crippen molar-refractivity contribution in [2.24, 2.45) is 0 Å². The second-order valence-electron chi connectivity index (χ2n) is 2.96. The van der Waals surface area contributed by atoms with Gasteiger partial charge in [-0.2, -0.15) is 0 Å². The monoisotopic (exact) mass is 282 g/mol. The fourth-order valence-corrected chi connectivity index (χ4v) is 1.51. The van der Waals surface area contributed by atoms with E-state index >= 15 is 0 Å². The lowest BCUT2D eigenvalue weighted by molar-refractivity contribution is 0.101. The van der Waals surface area contributed by atoms with Crippen LogP contribution in [-0.4, -0.2) is 21.1 Å². The fraction of sp³-hybridized carbons (Fsp3) is 0. The lowest BCUT2D eigenvalue weighted by Crippen LogP contribution is -2.15. The van der Waals surface area contributed by atoms with Gasteiger partial charge < -0.3 is 5.32 Å². The summed E-state index contributed by atoms with van der Waals surface area (Å²) >= 11 is 3.29. The summed E-state index contributed by atoms with van der Waals surface area (Å²) in [6.45, 7) is 0. The first-order valence-electron chi connectivity index (χ1n) is 4.37. The zero-order valence-electron chi connectivity index (χ0n) is 7.95. The zero-order chi connectivity index (χ0) is 11.5. The van der Waals surface area contributed by atoms with Crippen molar-refractivity contribution in [3.8, 4) is 0 Å². The van der Waals surface area contributed by atoms with Gasteiger partial charge in [0.15, 0.2) is 0 Å². The maximum Gasteiger partial charge on any atom is 0.341 e. The van der Waals surface area contributed by atoms with Crippen LogP contribution in [0.15, 0.2) is 33.5 Å². The summed E-state index contributed by atoms with van der Waals surface area (Å²) in [4.78, 5) is 24.6. The lowest BCUT2D eigenvalue weighted by Gasteiger charge is -2.04. The van der Waals surface area contributed by atoms with E-state index < -0.39 is 11.6 Å². The van der Waals surface area contributed by atoms with Crippen LogP contribution in [0.2, 0.25) is 0 Å². The van der Waals surface area contributed by atoms with Crippen molar-refractivity contribution in [3.63, 3.8) is 0 Å². The van der Waals surface area contributed by atoms with Crippen LogP contribution in [0.25, 0.3) is 0 Å². The number of halogens is 1. The summed E-state index contributed by atoms with van der Waals surface area (Å²) in [6.07, 6.45) is 0. The molecule has 0 unspecified atom stereocenters. The van der Waals surface area contributed by atoms with Crippen molar-refractivity contribution in [1.82, 2.24) is 15.2 Å². The summed E-state index contributed by atoms with van der Waals surface area (Å²) in [7, 11) is 0. The van der Waals surface area contributed by atoms with Gasteiger partial charge in [-0.1, -0.05) is 12.1 Å². The van der Waals surface area contributed by atoms with Gasteiger partial charge in [-0.25, -0.2) is 9.89 Å². The molecule has 7 heteroatoms. The molecule has 0 fully saturated rings. The molecule has 1 heterocycles. The number of carbonyl (C=O) groups is 1. The highest BCUT2D eigenvalue weighted by Gasteiger charge is 2.11. The Morgan fingerprint density at radius 1 is 1.38 bits per heavy atom. The molecule has 0 aliphatic heterocycles. The van der Waals surface area contributed by atoms with Gasteiger partial charge in [0.05, 0.1) is 5.69 Å². The molecule has 2 rings (SSSR count). The largest absolute Gasteiger partial charge is 0.341 e. The van der Waals surface area contributed by atoms with Gasteiger partial charge in [0.25, 0.3) is 5.91 Å². The molecular formula is C9H7BrN4O2. The Labute approximate surface area is 98.2 Å². The normalized spacial score (nSPS) is 10.1. The topological polar surface area (TPSA) is 90.6 Å². The predicted octanol–water partition coefficient (Wildman–Crippen LogP) is 1.11. The van der Waals surface area contributed by atoms with E-state index in [2.05, 4.69) is 36.4 Å². The summed E-state index contributed by atoms with van der Waals surface area (Å²) < 4.78 is 0.751. The molecule has 0 aliphatic rings. The predicted molar refractivity (Wildman–Crippen MR) is 61.3 cm³/mol. The minimum absolute atomic E-state index is 0.0549. The third kappa shape index (κ3) is 2.19. The van der Waals surface area contributed by atoms with Crippen LogP contribution in [0, 0.1) is 0 Å². The maximum absolute atomic E-state index is 11.6. The molecule has 0 saturated carbocycles. The number of aromatic nitrogens is 3. The van der Waals surface area contributed by atoms with Gasteiger partial charge in [-0.05, 0) is 28.1 Å². The number of amides is 1. The Bertz CT molecular complexity index is 575. The molecule has 16 heavy (non-hydrogen) atoms. The average Bonchev–Trinajstić information content (AvgIpc) is 2.68. The second-order valence-corrected chi connectivity index (χ2v) is 3.81. The van der Waals surface area contributed by atoms with E-state index in [4.69, 9.17) is 0 Å². The molecule has 0 atom stereocenters. The van der Waals surface area contributed by atoms with Gasteiger partial charge in [-0.3, -0.25) is 9.78 Å². The van der Waals surface area contributed by atoms with E-state index in [1.807, 2.05) is 6.07 Å². The molecule has 0 spiro atoms. The SMILES string of the molecule is O=C(Nc1ccccc1Br)c1n[nH]c(=O)[nH]1. The number of benzene rings is 1. The van der Waals surface area contributed by atoms with Gasteiger partial charge in [0, 0.05) is 4.47 Å². The molecule has 0 radical (unpaired) electrons. The zero-order valence-corrected chi connectivity index (χ0v) is 9.54. The summed E-state index contributed by atoms with van der Waals surface area (Å²) in [5.41, 5.74) is 0.0913. The van der Waals surface area contributed by atoms with Gasteiger partial charge in [-0.15, -0.1) is 5.10 Å². The summed E-state index contributed by atoms with van der Waals surface area (Å²) in [5, 5.41) is 8.24. The molecule has 82 valence electrons. The van der Waals surface area contributed by atoms with E-state index in [0.29, 0.717) is 5.69 Å². The van der Waals surface area contributed by atoms with Gasteiger partial charge in [0.1, 0.15) is 0 Å². The molecule has 6 nitrogen and oxygen atoms in total. The molecule has 1 amide bonds. The highest BCUT2D eigenvalue weighted by molar-refractivity contribution is 9.10. The molecule has 0 bridgehead atoms. The molecule has 1 aromatic carbocycles. The summed E-state index contributed by atoms with van der Waals surface area (Å²) in [5.74, 6) is -0.536. The van der Waals surface area contributed by atoms with Gasteiger partial charge in [0.2, 0.25) is 5.82 Å². The van der Waals surface area contributed by atoms with E-state index in [9.17, 15) is 9.59 Å². The van der Waals surface area contributed by atoms with Crippen molar-refractivity contribution in [3.05, 3.63) is 45.0 Å². The van der Waals surface area contributed by atoms with E-state index in [1.54, 1.807) is 18.2 Å². The molecule has 0 aliphatic carbocycles. The molecule has 3 N–H and O–H groups in total. The quantitative estimate of drug-likeness (QED) is 0.771.